The van der Waals surface area contributed by atoms with Crippen molar-refractivity contribution in [2.45, 2.75) is 38.3 Å². The van der Waals surface area contributed by atoms with Crippen molar-refractivity contribution < 1.29 is 13.6 Å². The van der Waals surface area contributed by atoms with E-state index in [0.29, 0.717) is 12.8 Å². The maximum absolute atomic E-state index is 11.4. The molecule has 3 N–H and O–H groups in total. The zero-order valence-electron chi connectivity index (χ0n) is 10.3. The third-order valence-corrected chi connectivity index (χ3v) is 5.16. The Morgan fingerprint density at radius 1 is 1.65 bits per heavy atom. The van der Waals surface area contributed by atoms with Gasteiger partial charge in [-0.05, 0) is 19.9 Å². The molecule has 0 bridgehead atoms. The molecule has 0 aromatic heterocycles. The summed E-state index contributed by atoms with van der Waals surface area (Å²) in [4.78, 5) is 2.04. The normalized spacial score (nSPS) is 26.3. The molecule has 0 amide bonds. The first-order valence-electron chi connectivity index (χ1n) is 5.78. The molecule has 100 valence electrons. The predicted octanol–water partition coefficient (Wildman–Crippen LogP) is 0.0204. The third kappa shape index (κ3) is 3.85. The summed E-state index contributed by atoms with van der Waals surface area (Å²) in [5.41, 5.74) is 5.49. The molecule has 0 spiro atoms. The SMILES string of the molecule is CCC(C/C(N)=N/O)N(C)C1CCS(=O)(=O)C1. The van der Waals surface area contributed by atoms with Gasteiger partial charge in [-0.2, -0.15) is 0 Å². The molecule has 1 heterocycles. The molecule has 2 unspecified atom stereocenters. The second kappa shape index (κ2) is 5.68. The van der Waals surface area contributed by atoms with Gasteiger partial charge in [0.1, 0.15) is 5.84 Å². The molecule has 6 nitrogen and oxygen atoms in total. The van der Waals surface area contributed by atoms with Crippen LogP contribution >= 0.6 is 0 Å². The van der Waals surface area contributed by atoms with E-state index >= 15 is 0 Å². The molecule has 1 aliphatic heterocycles. The smallest absolute Gasteiger partial charge is 0.151 e. The molecule has 7 heteroatoms. The Hall–Kier alpha value is -0.820. The van der Waals surface area contributed by atoms with Gasteiger partial charge < -0.3 is 10.9 Å². The third-order valence-electron chi connectivity index (χ3n) is 3.40. The van der Waals surface area contributed by atoms with Gasteiger partial charge in [0.15, 0.2) is 9.84 Å². The van der Waals surface area contributed by atoms with Crippen LogP contribution in [0.5, 0.6) is 0 Å². The molecule has 1 fully saturated rings. The second-order valence-electron chi connectivity index (χ2n) is 4.58. The van der Waals surface area contributed by atoms with Crippen molar-refractivity contribution in [1.82, 2.24) is 4.90 Å². The number of amidine groups is 1. The lowest BCUT2D eigenvalue weighted by Gasteiger charge is -2.31. The molecular weight excluding hydrogens is 242 g/mol. The van der Waals surface area contributed by atoms with E-state index in [0.717, 1.165) is 6.42 Å². The summed E-state index contributed by atoms with van der Waals surface area (Å²) in [6, 6.07) is 0.167. The average Bonchev–Trinajstić information content (AvgIpc) is 2.65. The largest absolute Gasteiger partial charge is 0.409 e. The van der Waals surface area contributed by atoms with Crippen LogP contribution in [-0.4, -0.2) is 55.0 Å². The van der Waals surface area contributed by atoms with Crippen molar-refractivity contribution in [3.8, 4) is 0 Å². The molecule has 1 aliphatic rings. The average molecular weight is 263 g/mol. The Labute approximate surface area is 102 Å². The van der Waals surface area contributed by atoms with E-state index in [4.69, 9.17) is 10.9 Å². The Morgan fingerprint density at radius 3 is 2.71 bits per heavy atom. The minimum Gasteiger partial charge on any atom is -0.409 e. The molecule has 1 rings (SSSR count). The lowest BCUT2D eigenvalue weighted by atomic mass is 10.1. The monoisotopic (exact) mass is 263 g/mol. The zero-order chi connectivity index (χ0) is 13.1. The van der Waals surface area contributed by atoms with E-state index in [1.807, 2.05) is 18.9 Å². The Balaban J connectivity index is 2.64. The summed E-state index contributed by atoms with van der Waals surface area (Å²) in [5, 5.41) is 11.5. The fourth-order valence-electron chi connectivity index (χ4n) is 2.25. The molecule has 0 saturated carbocycles. The van der Waals surface area contributed by atoms with E-state index in [9.17, 15) is 8.42 Å². The van der Waals surface area contributed by atoms with Crippen LogP contribution in [-0.2, 0) is 9.84 Å². The highest BCUT2D eigenvalue weighted by Crippen LogP contribution is 2.20. The number of rotatable bonds is 5. The molecule has 0 aromatic carbocycles. The summed E-state index contributed by atoms with van der Waals surface area (Å²) in [7, 11) is -0.962. The maximum atomic E-state index is 11.4. The number of hydrogen-bond donors (Lipinski definition) is 2. The van der Waals surface area contributed by atoms with Gasteiger partial charge in [0, 0.05) is 18.5 Å². The van der Waals surface area contributed by atoms with Gasteiger partial charge in [-0.3, -0.25) is 4.90 Å². The van der Waals surface area contributed by atoms with Gasteiger partial charge in [-0.1, -0.05) is 12.1 Å². The predicted molar refractivity (Wildman–Crippen MR) is 66.9 cm³/mol. The highest BCUT2D eigenvalue weighted by molar-refractivity contribution is 7.91. The van der Waals surface area contributed by atoms with Gasteiger partial charge >= 0.3 is 0 Å². The topological polar surface area (TPSA) is 96.0 Å². The minimum absolute atomic E-state index is 0.0523. The maximum Gasteiger partial charge on any atom is 0.151 e. The fraction of sp³-hybridized carbons (Fsp3) is 0.900. The molecule has 1 saturated heterocycles. The van der Waals surface area contributed by atoms with Crippen molar-refractivity contribution in [3.05, 3.63) is 0 Å². The molecule has 0 aromatic rings. The summed E-state index contributed by atoms with van der Waals surface area (Å²) in [5.74, 6) is 0.669. The number of sulfone groups is 1. The van der Waals surface area contributed by atoms with Gasteiger partial charge in [0.25, 0.3) is 0 Å². The van der Waals surface area contributed by atoms with Crippen molar-refractivity contribution in [2.75, 3.05) is 18.6 Å². The first-order chi connectivity index (χ1) is 7.89. The van der Waals surface area contributed by atoms with Crippen LogP contribution in [0.15, 0.2) is 5.16 Å². The van der Waals surface area contributed by atoms with E-state index in [1.54, 1.807) is 0 Å². The number of nitrogens with zero attached hydrogens (tertiary/aromatic N) is 2. The zero-order valence-corrected chi connectivity index (χ0v) is 11.2. The van der Waals surface area contributed by atoms with Crippen LogP contribution < -0.4 is 5.73 Å². The Kier molecular flexibility index (Phi) is 4.76. The summed E-state index contributed by atoms with van der Waals surface area (Å²) in [6.07, 6.45) is 1.97. The van der Waals surface area contributed by atoms with Crippen molar-refractivity contribution in [1.29, 1.82) is 0 Å². The second-order valence-corrected chi connectivity index (χ2v) is 6.81. The van der Waals surface area contributed by atoms with Gasteiger partial charge in [-0.15, -0.1) is 0 Å². The summed E-state index contributed by atoms with van der Waals surface area (Å²) >= 11 is 0. The fourth-order valence-corrected chi connectivity index (χ4v) is 4.04. The summed E-state index contributed by atoms with van der Waals surface area (Å²) in [6.45, 7) is 2.01. The Bertz CT molecular complexity index is 380. The molecule has 0 aliphatic carbocycles. The number of nitrogens with two attached hydrogens (primary N) is 1. The van der Waals surface area contributed by atoms with E-state index in [2.05, 4.69) is 5.16 Å². The first kappa shape index (κ1) is 14.2. The van der Waals surface area contributed by atoms with Crippen LogP contribution in [0.4, 0.5) is 0 Å². The molecule has 0 radical (unpaired) electrons. The molecule has 17 heavy (non-hydrogen) atoms. The molecule has 2 atom stereocenters. The van der Waals surface area contributed by atoms with Crippen LogP contribution in [0.2, 0.25) is 0 Å². The van der Waals surface area contributed by atoms with E-state index in [1.165, 1.54) is 0 Å². The summed E-state index contributed by atoms with van der Waals surface area (Å²) < 4.78 is 22.8. The van der Waals surface area contributed by atoms with Crippen LogP contribution in [0.3, 0.4) is 0 Å². The van der Waals surface area contributed by atoms with E-state index in [-0.39, 0.29) is 29.4 Å². The number of hydrogen-bond acceptors (Lipinski definition) is 5. The minimum atomic E-state index is -2.87. The molecular formula is C10H21N3O3S. The highest BCUT2D eigenvalue weighted by Gasteiger charge is 2.33. The van der Waals surface area contributed by atoms with Crippen molar-refractivity contribution in [3.63, 3.8) is 0 Å². The van der Waals surface area contributed by atoms with Crippen LogP contribution in [0, 0.1) is 0 Å². The van der Waals surface area contributed by atoms with Crippen LogP contribution in [0.25, 0.3) is 0 Å². The van der Waals surface area contributed by atoms with Crippen molar-refractivity contribution in [2.24, 2.45) is 10.9 Å². The lowest BCUT2D eigenvalue weighted by molar-refractivity contribution is 0.184. The van der Waals surface area contributed by atoms with Gasteiger partial charge in [0.2, 0.25) is 0 Å². The van der Waals surface area contributed by atoms with Gasteiger partial charge in [-0.25, -0.2) is 8.42 Å². The lowest BCUT2D eigenvalue weighted by Crippen LogP contribution is -2.42. The first-order valence-corrected chi connectivity index (χ1v) is 7.60. The van der Waals surface area contributed by atoms with E-state index < -0.39 is 9.84 Å². The quantitative estimate of drug-likeness (QED) is 0.315. The van der Waals surface area contributed by atoms with Gasteiger partial charge in [0.05, 0.1) is 11.5 Å². The van der Waals surface area contributed by atoms with Crippen molar-refractivity contribution >= 4 is 15.7 Å². The number of oxime groups is 1. The van der Waals surface area contributed by atoms with Crippen LogP contribution in [0.1, 0.15) is 26.2 Å². The standard InChI is InChI=1S/C10H21N3O3S/c1-3-8(6-10(11)12-14)13(2)9-4-5-17(15,16)7-9/h8-9,14H,3-7H2,1-2H3,(H2,11,12). The Morgan fingerprint density at radius 2 is 2.29 bits per heavy atom. The highest BCUT2D eigenvalue weighted by atomic mass is 32.2.